The van der Waals surface area contributed by atoms with Crippen molar-refractivity contribution < 1.29 is 18.7 Å². The van der Waals surface area contributed by atoms with Gasteiger partial charge in [0.25, 0.3) is 0 Å². The number of rotatable bonds is 3. The van der Waals surface area contributed by atoms with Crippen molar-refractivity contribution in [2.24, 2.45) is 5.92 Å². The third-order valence-corrected chi connectivity index (χ3v) is 3.49. The van der Waals surface area contributed by atoms with Crippen molar-refractivity contribution >= 4 is 12.0 Å². The van der Waals surface area contributed by atoms with E-state index in [2.05, 4.69) is 0 Å². The van der Waals surface area contributed by atoms with Gasteiger partial charge in [0.1, 0.15) is 11.6 Å². The van der Waals surface area contributed by atoms with Gasteiger partial charge in [0.05, 0.1) is 0 Å². The SMILES string of the molecule is O=C(C=Cc1cc(F)cc(F)c1)N1CCC(CO)CC1. The summed E-state index contributed by atoms with van der Waals surface area (Å²) in [7, 11) is 0. The number of hydrogen-bond donors (Lipinski definition) is 1. The van der Waals surface area contributed by atoms with Crippen LogP contribution in [0.25, 0.3) is 6.08 Å². The van der Waals surface area contributed by atoms with Crippen LogP contribution in [0.1, 0.15) is 18.4 Å². The Hall–Kier alpha value is -1.75. The topological polar surface area (TPSA) is 40.5 Å². The molecule has 0 radical (unpaired) electrons. The van der Waals surface area contributed by atoms with Gasteiger partial charge in [-0.15, -0.1) is 0 Å². The molecule has 0 aliphatic carbocycles. The minimum absolute atomic E-state index is 0.153. The highest BCUT2D eigenvalue weighted by Gasteiger charge is 2.20. The molecule has 0 saturated carbocycles. The van der Waals surface area contributed by atoms with E-state index in [1.54, 1.807) is 4.90 Å². The summed E-state index contributed by atoms with van der Waals surface area (Å²) in [5, 5.41) is 9.03. The normalized spacial score (nSPS) is 16.9. The predicted octanol–water partition coefficient (Wildman–Crippen LogP) is 2.21. The van der Waals surface area contributed by atoms with E-state index in [1.165, 1.54) is 24.3 Å². The number of piperidine rings is 1. The Balaban J connectivity index is 1.95. The molecule has 3 nitrogen and oxygen atoms in total. The van der Waals surface area contributed by atoms with Crippen LogP contribution in [0, 0.1) is 17.6 Å². The van der Waals surface area contributed by atoms with E-state index in [9.17, 15) is 13.6 Å². The number of aliphatic hydroxyl groups is 1. The lowest BCUT2D eigenvalue weighted by Gasteiger charge is -2.30. The lowest BCUT2D eigenvalue weighted by molar-refractivity contribution is -0.127. The maximum absolute atomic E-state index is 13.0. The molecule has 0 aromatic heterocycles. The van der Waals surface area contributed by atoms with Crippen LogP contribution in [-0.2, 0) is 4.79 Å². The number of aliphatic hydroxyl groups excluding tert-OH is 1. The van der Waals surface area contributed by atoms with Crippen molar-refractivity contribution in [3.8, 4) is 0 Å². The standard InChI is InChI=1S/C15H17F2NO2/c16-13-7-12(8-14(17)9-13)1-2-15(20)18-5-3-11(10-19)4-6-18/h1-2,7-9,11,19H,3-6,10H2. The van der Waals surface area contributed by atoms with Gasteiger partial charge in [-0.2, -0.15) is 0 Å². The molecule has 1 N–H and O–H groups in total. The Bertz CT molecular complexity index is 488. The number of nitrogens with zero attached hydrogens (tertiary/aromatic N) is 1. The van der Waals surface area contributed by atoms with Gasteiger partial charge < -0.3 is 10.0 Å². The van der Waals surface area contributed by atoms with E-state index in [4.69, 9.17) is 5.11 Å². The van der Waals surface area contributed by atoms with Crippen molar-refractivity contribution in [3.63, 3.8) is 0 Å². The fourth-order valence-corrected chi connectivity index (χ4v) is 2.28. The summed E-state index contributed by atoms with van der Waals surface area (Å²) in [5.74, 6) is -1.24. The lowest BCUT2D eigenvalue weighted by Crippen LogP contribution is -2.38. The van der Waals surface area contributed by atoms with Gasteiger partial charge in [0.2, 0.25) is 5.91 Å². The van der Waals surface area contributed by atoms with E-state index < -0.39 is 11.6 Å². The second kappa shape index (κ2) is 6.61. The van der Waals surface area contributed by atoms with Gasteiger partial charge in [0, 0.05) is 31.8 Å². The molecule has 1 saturated heterocycles. The third-order valence-electron chi connectivity index (χ3n) is 3.49. The molecule has 1 fully saturated rings. The van der Waals surface area contributed by atoms with E-state index >= 15 is 0 Å². The third kappa shape index (κ3) is 3.87. The second-order valence-corrected chi connectivity index (χ2v) is 4.99. The van der Waals surface area contributed by atoms with E-state index in [0.29, 0.717) is 18.7 Å². The van der Waals surface area contributed by atoms with E-state index in [1.807, 2.05) is 0 Å². The van der Waals surface area contributed by atoms with Gasteiger partial charge >= 0.3 is 0 Å². The Morgan fingerprint density at radius 2 is 1.85 bits per heavy atom. The maximum atomic E-state index is 13.0. The van der Waals surface area contributed by atoms with Crippen molar-refractivity contribution in [1.82, 2.24) is 4.90 Å². The minimum atomic E-state index is -0.666. The lowest BCUT2D eigenvalue weighted by atomic mass is 9.98. The molecule has 1 aliphatic heterocycles. The van der Waals surface area contributed by atoms with Crippen molar-refractivity contribution in [1.29, 1.82) is 0 Å². The zero-order chi connectivity index (χ0) is 14.5. The average Bonchev–Trinajstić information content (AvgIpc) is 2.44. The van der Waals surface area contributed by atoms with Crippen LogP contribution < -0.4 is 0 Å². The first-order valence-electron chi connectivity index (χ1n) is 6.62. The largest absolute Gasteiger partial charge is 0.396 e. The fourth-order valence-electron chi connectivity index (χ4n) is 2.28. The van der Waals surface area contributed by atoms with Crippen LogP contribution in [0.5, 0.6) is 0 Å². The molecule has 1 aromatic carbocycles. The second-order valence-electron chi connectivity index (χ2n) is 4.99. The molecule has 1 aliphatic rings. The quantitative estimate of drug-likeness (QED) is 0.863. The smallest absolute Gasteiger partial charge is 0.246 e. The molecule has 1 aromatic rings. The van der Waals surface area contributed by atoms with E-state index in [-0.39, 0.29) is 18.4 Å². The zero-order valence-electron chi connectivity index (χ0n) is 11.1. The maximum Gasteiger partial charge on any atom is 0.246 e. The number of amides is 1. The molecule has 0 spiro atoms. The van der Waals surface area contributed by atoms with Crippen LogP contribution in [-0.4, -0.2) is 35.6 Å². The Morgan fingerprint density at radius 3 is 2.40 bits per heavy atom. The van der Waals surface area contributed by atoms with Crippen LogP contribution in [0.15, 0.2) is 24.3 Å². The molecule has 0 atom stereocenters. The first-order valence-corrected chi connectivity index (χ1v) is 6.62. The van der Waals surface area contributed by atoms with Gasteiger partial charge in [-0.3, -0.25) is 4.79 Å². The van der Waals surface area contributed by atoms with Crippen molar-refractivity contribution in [2.45, 2.75) is 12.8 Å². The first kappa shape index (κ1) is 14.7. The summed E-state index contributed by atoms with van der Waals surface area (Å²) in [4.78, 5) is 13.6. The van der Waals surface area contributed by atoms with Crippen LogP contribution in [0.4, 0.5) is 8.78 Å². The van der Waals surface area contributed by atoms with Crippen LogP contribution in [0.2, 0.25) is 0 Å². The van der Waals surface area contributed by atoms with Gasteiger partial charge in [0.15, 0.2) is 0 Å². The van der Waals surface area contributed by atoms with Crippen LogP contribution in [0.3, 0.4) is 0 Å². The molecule has 1 heterocycles. The highest BCUT2D eigenvalue weighted by Crippen LogP contribution is 2.17. The number of carbonyl (C=O) groups excluding carboxylic acids is 1. The first-order chi connectivity index (χ1) is 9.58. The molecular weight excluding hydrogens is 264 g/mol. The summed E-state index contributed by atoms with van der Waals surface area (Å²) < 4.78 is 26.0. The molecule has 20 heavy (non-hydrogen) atoms. The van der Waals surface area contributed by atoms with Gasteiger partial charge in [-0.05, 0) is 42.5 Å². The van der Waals surface area contributed by atoms with Gasteiger partial charge in [-0.1, -0.05) is 0 Å². The Labute approximate surface area is 116 Å². The molecule has 1 amide bonds. The van der Waals surface area contributed by atoms with E-state index in [0.717, 1.165) is 18.9 Å². The molecule has 0 bridgehead atoms. The summed E-state index contributed by atoms with van der Waals surface area (Å²) in [6.45, 7) is 1.36. The summed E-state index contributed by atoms with van der Waals surface area (Å²) in [6.07, 6.45) is 4.30. The predicted molar refractivity (Wildman–Crippen MR) is 71.8 cm³/mol. The molecule has 0 unspecified atom stereocenters. The number of likely N-dealkylation sites (tertiary alicyclic amines) is 1. The van der Waals surface area contributed by atoms with Crippen LogP contribution >= 0.6 is 0 Å². The molecule has 5 heteroatoms. The highest BCUT2D eigenvalue weighted by atomic mass is 19.1. The number of benzene rings is 1. The fraction of sp³-hybridized carbons (Fsp3) is 0.400. The highest BCUT2D eigenvalue weighted by molar-refractivity contribution is 5.91. The molecule has 108 valence electrons. The van der Waals surface area contributed by atoms with Crippen molar-refractivity contribution in [2.75, 3.05) is 19.7 Å². The number of carbonyl (C=O) groups is 1. The summed E-state index contributed by atoms with van der Waals surface area (Å²) in [6, 6.07) is 3.13. The monoisotopic (exact) mass is 281 g/mol. The van der Waals surface area contributed by atoms with Crippen molar-refractivity contribution in [3.05, 3.63) is 41.5 Å². The number of hydrogen-bond acceptors (Lipinski definition) is 2. The minimum Gasteiger partial charge on any atom is -0.396 e. The Morgan fingerprint density at radius 1 is 1.25 bits per heavy atom. The number of halogens is 2. The zero-order valence-corrected chi connectivity index (χ0v) is 11.1. The molecular formula is C15H17F2NO2. The summed E-state index contributed by atoms with van der Waals surface area (Å²) >= 11 is 0. The summed E-state index contributed by atoms with van der Waals surface area (Å²) in [5.41, 5.74) is 0.320. The average molecular weight is 281 g/mol. The van der Waals surface area contributed by atoms with Gasteiger partial charge in [-0.25, -0.2) is 8.78 Å². The Kier molecular flexibility index (Phi) is 4.84. The molecule has 2 rings (SSSR count).